The molecule has 1 aromatic carbocycles. The highest BCUT2D eigenvalue weighted by molar-refractivity contribution is 9.10. The van der Waals surface area contributed by atoms with Gasteiger partial charge in [0.1, 0.15) is 0 Å². The molecule has 0 aliphatic heterocycles. The van der Waals surface area contributed by atoms with Crippen molar-refractivity contribution in [3.8, 4) is 0 Å². The van der Waals surface area contributed by atoms with E-state index in [-0.39, 0.29) is 5.91 Å². The molecule has 3 amide bonds. The summed E-state index contributed by atoms with van der Waals surface area (Å²) < 4.78 is 0.962. The van der Waals surface area contributed by atoms with Crippen LogP contribution in [0.4, 0.5) is 4.79 Å². The largest absolute Gasteiger partial charge is 0.352 e. The Bertz CT molecular complexity index is 435. The second-order valence-electron chi connectivity index (χ2n) is 3.51. The molecule has 0 fully saturated rings. The number of benzene rings is 1. The molecule has 0 saturated carbocycles. The lowest BCUT2D eigenvalue weighted by atomic mass is 10.1. The van der Waals surface area contributed by atoms with Gasteiger partial charge in [0.2, 0.25) is 0 Å². The molecule has 0 saturated heterocycles. The lowest BCUT2D eigenvalue weighted by molar-refractivity contribution is 0.0954. The third-order valence-corrected chi connectivity index (χ3v) is 3.02. The molecule has 0 aliphatic rings. The molecule has 0 unspecified atom stereocenters. The number of halogens is 1. The standard InChI is InChI=1S/C11H14BrN3O2/c1-7-6-8(2-3-9(7)12)10(16)14-4-5-15-11(13)17/h2-3,6H,4-5H2,1H3,(H,14,16)(H3,13,15,17). The van der Waals surface area contributed by atoms with Crippen LogP contribution < -0.4 is 16.4 Å². The topological polar surface area (TPSA) is 84.2 Å². The summed E-state index contributed by atoms with van der Waals surface area (Å²) in [7, 11) is 0. The maximum absolute atomic E-state index is 11.7. The lowest BCUT2D eigenvalue weighted by Crippen LogP contribution is -2.37. The van der Waals surface area contributed by atoms with E-state index in [1.165, 1.54) is 0 Å². The van der Waals surface area contributed by atoms with Gasteiger partial charge in [-0.2, -0.15) is 0 Å². The highest BCUT2D eigenvalue weighted by atomic mass is 79.9. The third kappa shape index (κ3) is 4.44. The summed E-state index contributed by atoms with van der Waals surface area (Å²) in [5, 5.41) is 5.07. The summed E-state index contributed by atoms with van der Waals surface area (Å²) in [5.41, 5.74) is 6.47. The zero-order chi connectivity index (χ0) is 12.8. The molecule has 1 aromatic rings. The van der Waals surface area contributed by atoms with Crippen molar-refractivity contribution in [2.75, 3.05) is 13.1 Å². The Morgan fingerprint density at radius 2 is 1.94 bits per heavy atom. The van der Waals surface area contributed by atoms with Gasteiger partial charge in [0, 0.05) is 23.1 Å². The number of urea groups is 1. The van der Waals surface area contributed by atoms with Crippen molar-refractivity contribution in [2.24, 2.45) is 5.73 Å². The van der Waals surface area contributed by atoms with Crippen molar-refractivity contribution in [2.45, 2.75) is 6.92 Å². The van der Waals surface area contributed by atoms with Crippen LogP contribution in [0.3, 0.4) is 0 Å². The molecule has 5 nitrogen and oxygen atoms in total. The zero-order valence-electron chi connectivity index (χ0n) is 9.42. The Balaban J connectivity index is 2.47. The molecular weight excluding hydrogens is 286 g/mol. The Kier molecular flexibility index (Phi) is 4.96. The van der Waals surface area contributed by atoms with E-state index in [4.69, 9.17) is 5.73 Å². The predicted molar refractivity (Wildman–Crippen MR) is 68.8 cm³/mol. The van der Waals surface area contributed by atoms with Gasteiger partial charge < -0.3 is 16.4 Å². The summed E-state index contributed by atoms with van der Waals surface area (Å²) in [6.07, 6.45) is 0. The molecule has 0 atom stereocenters. The minimum Gasteiger partial charge on any atom is -0.352 e. The summed E-state index contributed by atoms with van der Waals surface area (Å²) >= 11 is 3.37. The molecule has 92 valence electrons. The number of carbonyl (C=O) groups is 2. The number of hydrogen-bond donors (Lipinski definition) is 3. The number of rotatable bonds is 4. The Hall–Kier alpha value is -1.56. The van der Waals surface area contributed by atoms with Crippen LogP contribution in [-0.2, 0) is 0 Å². The van der Waals surface area contributed by atoms with E-state index in [1.807, 2.05) is 13.0 Å². The number of nitrogens with two attached hydrogens (primary N) is 1. The van der Waals surface area contributed by atoms with E-state index in [1.54, 1.807) is 12.1 Å². The van der Waals surface area contributed by atoms with Crippen LogP contribution in [0.1, 0.15) is 15.9 Å². The van der Waals surface area contributed by atoms with Gasteiger partial charge >= 0.3 is 6.03 Å². The average molecular weight is 300 g/mol. The van der Waals surface area contributed by atoms with Crippen LogP contribution in [0.2, 0.25) is 0 Å². The first-order valence-corrected chi connectivity index (χ1v) is 5.87. The molecule has 17 heavy (non-hydrogen) atoms. The van der Waals surface area contributed by atoms with Gasteiger partial charge in [0.25, 0.3) is 5.91 Å². The molecule has 0 aliphatic carbocycles. The molecule has 1 rings (SSSR count). The smallest absolute Gasteiger partial charge is 0.312 e. The van der Waals surface area contributed by atoms with Crippen molar-refractivity contribution >= 4 is 27.9 Å². The van der Waals surface area contributed by atoms with E-state index in [2.05, 4.69) is 26.6 Å². The molecule has 0 heterocycles. The zero-order valence-corrected chi connectivity index (χ0v) is 11.0. The van der Waals surface area contributed by atoms with E-state index >= 15 is 0 Å². The molecule has 0 bridgehead atoms. The van der Waals surface area contributed by atoms with Gasteiger partial charge in [-0.25, -0.2) is 4.79 Å². The summed E-state index contributed by atoms with van der Waals surface area (Å²) in [4.78, 5) is 22.1. The fraction of sp³-hybridized carbons (Fsp3) is 0.273. The molecule has 4 N–H and O–H groups in total. The van der Waals surface area contributed by atoms with Crippen molar-refractivity contribution in [3.63, 3.8) is 0 Å². The number of aryl methyl sites for hydroxylation is 1. The van der Waals surface area contributed by atoms with Crippen LogP contribution in [-0.4, -0.2) is 25.0 Å². The number of primary amides is 1. The summed E-state index contributed by atoms with van der Waals surface area (Å²) in [6.45, 7) is 2.57. The van der Waals surface area contributed by atoms with E-state index in [9.17, 15) is 9.59 Å². The van der Waals surface area contributed by atoms with Crippen molar-refractivity contribution in [3.05, 3.63) is 33.8 Å². The first kappa shape index (κ1) is 13.5. The Morgan fingerprint density at radius 1 is 1.29 bits per heavy atom. The average Bonchev–Trinajstić information content (AvgIpc) is 2.27. The highest BCUT2D eigenvalue weighted by Crippen LogP contribution is 2.16. The second-order valence-corrected chi connectivity index (χ2v) is 4.37. The SMILES string of the molecule is Cc1cc(C(=O)NCCNC(N)=O)ccc1Br. The minimum atomic E-state index is -0.598. The molecular formula is C11H14BrN3O2. The number of carbonyl (C=O) groups excluding carboxylic acids is 2. The maximum Gasteiger partial charge on any atom is 0.312 e. The second kappa shape index (κ2) is 6.24. The van der Waals surface area contributed by atoms with E-state index < -0.39 is 6.03 Å². The first-order valence-electron chi connectivity index (χ1n) is 5.08. The van der Waals surface area contributed by atoms with Gasteiger partial charge in [0.05, 0.1) is 0 Å². The predicted octanol–water partition coefficient (Wildman–Crippen LogP) is 1.16. The fourth-order valence-corrected chi connectivity index (χ4v) is 1.50. The van der Waals surface area contributed by atoms with Gasteiger partial charge in [0.15, 0.2) is 0 Å². The van der Waals surface area contributed by atoms with Gasteiger partial charge in [-0.1, -0.05) is 15.9 Å². The van der Waals surface area contributed by atoms with Crippen molar-refractivity contribution < 1.29 is 9.59 Å². The lowest BCUT2D eigenvalue weighted by Gasteiger charge is -2.06. The quantitative estimate of drug-likeness (QED) is 0.729. The number of amides is 3. The van der Waals surface area contributed by atoms with E-state index in [0.717, 1.165) is 10.0 Å². The minimum absolute atomic E-state index is 0.174. The van der Waals surface area contributed by atoms with Gasteiger partial charge in [-0.05, 0) is 30.7 Å². The van der Waals surface area contributed by atoms with Crippen LogP contribution in [0.5, 0.6) is 0 Å². The summed E-state index contributed by atoms with van der Waals surface area (Å²) in [5.74, 6) is -0.174. The first-order chi connectivity index (χ1) is 8.00. The number of nitrogens with one attached hydrogen (secondary N) is 2. The van der Waals surface area contributed by atoms with Crippen LogP contribution >= 0.6 is 15.9 Å². The van der Waals surface area contributed by atoms with Crippen LogP contribution in [0.15, 0.2) is 22.7 Å². The van der Waals surface area contributed by atoms with Crippen LogP contribution in [0.25, 0.3) is 0 Å². The summed E-state index contributed by atoms with van der Waals surface area (Å²) in [6, 6.07) is 4.75. The Labute approximate surface area is 108 Å². The fourth-order valence-electron chi connectivity index (χ4n) is 1.25. The molecule has 6 heteroatoms. The third-order valence-electron chi connectivity index (χ3n) is 2.13. The maximum atomic E-state index is 11.7. The molecule has 0 radical (unpaired) electrons. The van der Waals surface area contributed by atoms with Gasteiger partial charge in [-0.3, -0.25) is 4.79 Å². The van der Waals surface area contributed by atoms with Gasteiger partial charge in [-0.15, -0.1) is 0 Å². The highest BCUT2D eigenvalue weighted by Gasteiger charge is 2.06. The monoisotopic (exact) mass is 299 g/mol. The van der Waals surface area contributed by atoms with Crippen molar-refractivity contribution in [1.29, 1.82) is 0 Å². The molecule has 0 spiro atoms. The van der Waals surface area contributed by atoms with E-state index in [0.29, 0.717) is 18.7 Å². The number of hydrogen-bond acceptors (Lipinski definition) is 2. The normalized spacial score (nSPS) is 9.76. The van der Waals surface area contributed by atoms with Crippen molar-refractivity contribution in [1.82, 2.24) is 10.6 Å². The molecule has 0 aromatic heterocycles. The Morgan fingerprint density at radius 3 is 2.53 bits per heavy atom. The van der Waals surface area contributed by atoms with Crippen LogP contribution in [0, 0.1) is 6.92 Å².